The topological polar surface area (TPSA) is 55.8 Å². The molecule has 0 bridgehead atoms. The molecule has 0 radical (unpaired) electrons. The molecule has 0 saturated carbocycles. The zero-order valence-corrected chi connectivity index (χ0v) is 10.6. The van der Waals surface area contributed by atoms with Gasteiger partial charge in [-0.05, 0) is 6.07 Å². The Kier molecular flexibility index (Phi) is 3.23. The van der Waals surface area contributed by atoms with Crippen LogP contribution in [0.4, 0.5) is 0 Å². The molecule has 1 heterocycles. The first-order valence-electron chi connectivity index (χ1n) is 5.60. The maximum Gasteiger partial charge on any atom is 0.237 e. The standard InChI is InChI=1S/C13H15NO4/c1-14-12(15)7-10(13(14)16)9-5-4-8(17-2)6-11(9)18-3/h4-6,10H,7H2,1-3H3/t10-/m0/s1. The largest absolute Gasteiger partial charge is 0.497 e. The summed E-state index contributed by atoms with van der Waals surface area (Å²) in [4.78, 5) is 24.6. The summed E-state index contributed by atoms with van der Waals surface area (Å²) in [5.74, 6) is 0.409. The number of likely N-dealkylation sites (tertiary alicyclic amines) is 1. The van der Waals surface area contributed by atoms with Crippen LogP contribution >= 0.6 is 0 Å². The van der Waals surface area contributed by atoms with E-state index in [0.717, 1.165) is 10.5 Å². The van der Waals surface area contributed by atoms with Gasteiger partial charge in [-0.15, -0.1) is 0 Å². The molecule has 1 aromatic carbocycles. The molecule has 0 N–H and O–H groups in total. The second kappa shape index (κ2) is 4.68. The van der Waals surface area contributed by atoms with Crippen LogP contribution in [0, 0.1) is 0 Å². The average molecular weight is 249 g/mol. The summed E-state index contributed by atoms with van der Waals surface area (Å²) >= 11 is 0. The molecule has 0 aromatic heterocycles. The van der Waals surface area contributed by atoms with E-state index in [1.54, 1.807) is 25.3 Å². The highest BCUT2D eigenvalue weighted by molar-refractivity contribution is 6.06. The van der Waals surface area contributed by atoms with Gasteiger partial charge in [-0.25, -0.2) is 0 Å². The fraction of sp³-hybridized carbons (Fsp3) is 0.385. The Morgan fingerprint density at radius 3 is 2.44 bits per heavy atom. The van der Waals surface area contributed by atoms with Crippen LogP contribution in [0.15, 0.2) is 18.2 Å². The number of ether oxygens (including phenoxy) is 2. The lowest BCUT2D eigenvalue weighted by Crippen LogP contribution is -2.25. The number of benzene rings is 1. The summed E-state index contributed by atoms with van der Waals surface area (Å²) < 4.78 is 10.4. The molecule has 0 unspecified atom stereocenters. The van der Waals surface area contributed by atoms with Gasteiger partial charge < -0.3 is 9.47 Å². The van der Waals surface area contributed by atoms with Crippen molar-refractivity contribution in [3.63, 3.8) is 0 Å². The van der Waals surface area contributed by atoms with Crippen LogP contribution in [0.1, 0.15) is 17.9 Å². The van der Waals surface area contributed by atoms with E-state index in [0.29, 0.717) is 11.5 Å². The first-order chi connectivity index (χ1) is 8.58. The van der Waals surface area contributed by atoms with Crippen molar-refractivity contribution in [1.29, 1.82) is 0 Å². The van der Waals surface area contributed by atoms with Crippen molar-refractivity contribution in [1.82, 2.24) is 4.90 Å². The van der Waals surface area contributed by atoms with E-state index in [1.807, 2.05) is 0 Å². The predicted molar refractivity (Wildman–Crippen MR) is 64.7 cm³/mol. The van der Waals surface area contributed by atoms with Crippen molar-refractivity contribution >= 4 is 11.8 Å². The van der Waals surface area contributed by atoms with Crippen molar-refractivity contribution in [3.05, 3.63) is 23.8 Å². The molecule has 2 amide bonds. The molecule has 5 heteroatoms. The number of nitrogens with zero attached hydrogens (tertiary/aromatic N) is 1. The highest BCUT2D eigenvalue weighted by Crippen LogP contribution is 2.36. The fourth-order valence-electron chi connectivity index (χ4n) is 2.10. The number of hydrogen-bond acceptors (Lipinski definition) is 4. The number of carbonyl (C=O) groups excluding carboxylic acids is 2. The molecule has 96 valence electrons. The highest BCUT2D eigenvalue weighted by atomic mass is 16.5. The van der Waals surface area contributed by atoms with E-state index in [-0.39, 0.29) is 18.2 Å². The maximum absolute atomic E-state index is 12.0. The number of amides is 2. The second-order valence-corrected chi connectivity index (χ2v) is 4.16. The Morgan fingerprint density at radius 2 is 1.94 bits per heavy atom. The van der Waals surface area contributed by atoms with Crippen LogP contribution in [0.5, 0.6) is 11.5 Å². The maximum atomic E-state index is 12.0. The summed E-state index contributed by atoms with van der Waals surface area (Å²) in [5.41, 5.74) is 0.723. The Bertz CT molecular complexity index is 498. The minimum absolute atomic E-state index is 0.164. The molecule has 0 aliphatic carbocycles. The van der Waals surface area contributed by atoms with E-state index in [4.69, 9.17) is 9.47 Å². The molecule has 18 heavy (non-hydrogen) atoms. The van der Waals surface area contributed by atoms with Crippen molar-refractivity contribution in [2.24, 2.45) is 0 Å². The molecule has 1 aliphatic rings. The summed E-state index contributed by atoms with van der Waals surface area (Å²) in [6.07, 6.45) is 0.192. The molecular weight excluding hydrogens is 234 g/mol. The van der Waals surface area contributed by atoms with Gasteiger partial charge in [0.25, 0.3) is 0 Å². The third-order valence-electron chi connectivity index (χ3n) is 3.20. The Hall–Kier alpha value is -2.04. The summed E-state index contributed by atoms with van der Waals surface area (Å²) in [6, 6.07) is 5.24. The number of carbonyl (C=O) groups is 2. The van der Waals surface area contributed by atoms with Crippen molar-refractivity contribution in [2.45, 2.75) is 12.3 Å². The van der Waals surface area contributed by atoms with Crippen molar-refractivity contribution < 1.29 is 19.1 Å². The number of imide groups is 1. The molecule has 1 aromatic rings. The van der Waals surface area contributed by atoms with Gasteiger partial charge in [0.2, 0.25) is 11.8 Å². The summed E-state index contributed by atoms with van der Waals surface area (Å²) in [7, 11) is 4.59. The number of rotatable bonds is 3. The third kappa shape index (κ3) is 1.92. The summed E-state index contributed by atoms with van der Waals surface area (Å²) in [5, 5.41) is 0. The molecule has 2 rings (SSSR count). The predicted octanol–water partition coefficient (Wildman–Crippen LogP) is 1.18. The van der Waals surface area contributed by atoms with Crippen LogP contribution in [-0.4, -0.2) is 38.0 Å². The Labute approximate surface area is 105 Å². The van der Waals surface area contributed by atoms with Crippen LogP contribution in [0.3, 0.4) is 0 Å². The van der Waals surface area contributed by atoms with E-state index in [2.05, 4.69) is 0 Å². The quantitative estimate of drug-likeness (QED) is 0.755. The minimum Gasteiger partial charge on any atom is -0.497 e. The summed E-state index contributed by atoms with van der Waals surface area (Å²) in [6.45, 7) is 0. The third-order valence-corrected chi connectivity index (χ3v) is 3.20. The van der Waals surface area contributed by atoms with Crippen LogP contribution in [0.25, 0.3) is 0 Å². The van der Waals surface area contributed by atoms with Crippen LogP contribution in [-0.2, 0) is 9.59 Å². The number of hydrogen-bond donors (Lipinski definition) is 0. The number of methoxy groups -OCH3 is 2. The van der Waals surface area contributed by atoms with E-state index in [1.165, 1.54) is 14.2 Å². The van der Waals surface area contributed by atoms with Crippen LogP contribution < -0.4 is 9.47 Å². The van der Waals surface area contributed by atoms with Gasteiger partial charge in [0.1, 0.15) is 11.5 Å². The normalized spacial score (nSPS) is 19.3. The van der Waals surface area contributed by atoms with Gasteiger partial charge in [0.05, 0.1) is 20.1 Å². The molecule has 1 aliphatic heterocycles. The molecule has 5 nitrogen and oxygen atoms in total. The SMILES string of the molecule is COc1ccc([C@@H]2CC(=O)N(C)C2=O)c(OC)c1. The minimum atomic E-state index is -0.455. The molecule has 0 spiro atoms. The highest BCUT2D eigenvalue weighted by Gasteiger charge is 2.38. The smallest absolute Gasteiger partial charge is 0.237 e. The zero-order chi connectivity index (χ0) is 13.3. The first kappa shape index (κ1) is 12.4. The Morgan fingerprint density at radius 1 is 1.22 bits per heavy atom. The molecule has 1 fully saturated rings. The van der Waals surface area contributed by atoms with Gasteiger partial charge in [0, 0.05) is 25.1 Å². The van der Waals surface area contributed by atoms with Crippen LogP contribution in [0.2, 0.25) is 0 Å². The molecule has 1 atom stereocenters. The van der Waals surface area contributed by atoms with Gasteiger partial charge in [0.15, 0.2) is 0 Å². The second-order valence-electron chi connectivity index (χ2n) is 4.16. The molecular formula is C13H15NO4. The fourth-order valence-corrected chi connectivity index (χ4v) is 2.10. The first-order valence-corrected chi connectivity index (χ1v) is 5.60. The lowest BCUT2D eigenvalue weighted by Gasteiger charge is -2.14. The van der Waals surface area contributed by atoms with Gasteiger partial charge >= 0.3 is 0 Å². The van der Waals surface area contributed by atoms with Gasteiger partial charge in [-0.1, -0.05) is 6.07 Å². The Balaban J connectivity index is 2.39. The zero-order valence-electron chi connectivity index (χ0n) is 10.6. The van der Waals surface area contributed by atoms with Crippen molar-refractivity contribution in [3.8, 4) is 11.5 Å². The molecule has 1 saturated heterocycles. The van der Waals surface area contributed by atoms with E-state index >= 15 is 0 Å². The lowest BCUT2D eigenvalue weighted by molar-refractivity contribution is -0.137. The average Bonchev–Trinajstić information content (AvgIpc) is 2.65. The van der Waals surface area contributed by atoms with Crippen molar-refractivity contribution in [2.75, 3.05) is 21.3 Å². The lowest BCUT2D eigenvalue weighted by atomic mass is 9.96. The van der Waals surface area contributed by atoms with Gasteiger partial charge in [-0.3, -0.25) is 14.5 Å². The number of likely N-dealkylation sites (N-methyl/N-ethyl adjacent to an activating group) is 1. The van der Waals surface area contributed by atoms with E-state index < -0.39 is 5.92 Å². The monoisotopic (exact) mass is 249 g/mol. The van der Waals surface area contributed by atoms with Gasteiger partial charge in [-0.2, -0.15) is 0 Å². The van der Waals surface area contributed by atoms with E-state index in [9.17, 15) is 9.59 Å².